The molecule has 0 fully saturated rings. The standard InChI is InChI=1S/C29H39F2N5O/c1-8-15-33-28(20(6)34-17-18(4)23-13-14-25(32-7)27(31)26(23)30)36-22-11-12-24(21(10-3)16-22)29(37)35-19(5)9-2/h8,11-16,18-19,32H,9-10,17H2,1-7H3,(H,33,36)(H,35,37)/b15-8-,34-20?. The SMILES string of the molecule is C/C=C\N=C(Nc1ccc(C(=O)NC(C)CC)c(CC)c1)C(C)=NCC(C)c1ccc(NC)c(F)c1F. The maximum atomic E-state index is 14.6. The molecular weight excluding hydrogens is 472 g/mol. The highest BCUT2D eigenvalue weighted by molar-refractivity contribution is 6.45. The summed E-state index contributed by atoms with van der Waals surface area (Å²) in [7, 11) is 1.55. The molecule has 0 aliphatic rings. The predicted molar refractivity (Wildman–Crippen MR) is 151 cm³/mol. The highest BCUT2D eigenvalue weighted by Crippen LogP contribution is 2.26. The van der Waals surface area contributed by atoms with E-state index in [2.05, 4.69) is 25.9 Å². The van der Waals surface area contributed by atoms with Crippen LogP contribution in [-0.4, -0.2) is 37.1 Å². The molecule has 0 spiro atoms. The maximum Gasteiger partial charge on any atom is 0.251 e. The van der Waals surface area contributed by atoms with Crippen molar-refractivity contribution >= 4 is 28.8 Å². The predicted octanol–water partition coefficient (Wildman–Crippen LogP) is 6.71. The molecule has 0 heterocycles. The maximum absolute atomic E-state index is 14.6. The second-order valence-electron chi connectivity index (χ2n) is 9.00. The minimum atomic E-state index is -0.891. The lowest BCUT2D eigenvalue weighted by molar-refractivity contribution is 0.0938. The minimum Gasteiger partial charge on any atom is -0.386 e. The molecule has 8 heteroatoms. The number of carbonyl (C=O) groups excluding carboxylic acids is 1. The summed E-state index contributed by atoms with van der Waals surface area (Å²) in [5, 5.41) is 8.96. The fourth-order valence-electron chi connectivity index (χ4n) is 3.68. The van der Waals surface area contributed by atoms with Crippen LogP contribution >= 0.6 is 0 Å². The van der Waals surface area contributed by atoms with Crippen LogP contribution in [0.25, 0.3) is 0 Å². The van der Waals surface area contributed by atoms with E-state index < -0.39 is 11.6 Å². The van der Waals surface area contributed by atoms with E-state index in [0.29, 0.717) is 23.5 Å². The first kappa shape index (κ1) is 29.7. The minimum absolute atomic E-state index is 0.0845. The number of allylic oxidation sites excluding steroid dienone is 1. The number of nitrogens with one attached hydrogen (secondary N) is 3. The average molecular weight is 512 g/mol. The molecule has 37 heavy (non-hydrogen) atoms. The smallest absolute Gasteiger partial charge is 0.251 e. The molecule has 200 valence electrons. The van der Waals surface area contributed by atoms with Crippen molar-refractivity contribution in [1.29, 1.82) is 0 Å². The van der Waals surface area contributed by atoms with Crippen LogP contribution in [0.1, 0.15) is 75.4 Å². The van der Waals surface area contributed by atoms with Crippen LogP contribution < -0.4 is 16.0 Å². The third-order valence-electron chi connectivity index (χ3n) is 6.19. The van der Waals surface area contributed by atoms with E-state index >= 15 is 0 Å². The molecule has 2 rings (SSSR count). The molecule has 2 atom stereocenters. The Bertz CT molecular complexity index is 1170. The lowest BCUT2D eigenvalue weighted by atomic mass is 10.00. The Kier molecular flexibility index (Phi) is 11.4. The van der Waals surface area contributed by atoms with Gasteiger partial charge < -0.3 is 16.0 Å². The summed E-state index contributed by atoms with van der Waals surface area (Å²) in [5.41, 5.74) is 3.35. The van der Waals surface area contributed by atoms with Gasteiger partial charge in [0.15, 0.2) is 17.5 Å². The first-order valence-corrected chi connectivity index (χ1v) is 12.7. The Balaban J connectivity index is 2.26. The fourth-order valence-corrected chi connectivity index (χ4v) is 3.68. The van der Waals surface area contributed by atoms with Gasteiger partial charge in [-0.1, -0.05) is 32.9 Å². The van der Waals surface area contributed by atoms with E-state index in [0.717, 1.165) is 17.7 Å². The summed E-state index contributed by atoms with van der Waals surface area (Å²) in [6.07, 6.45) is 5.01. The van der Waals surface area contributed by atoms with Gasteiger partial charge in [0.2, 0.25) is 0 Å². The molecular formula is C29H39F2N5O. The topological polar surface area (TPSA) is 77.9 Å². The van der Waals surface area contributed by atoms with Crippen LogP contribution in [0.5, 0.6) is 0 Å². The molecule has 0 aliphatic heterocycles. The van der Waals surface area contributed by atoms with E-state index in [4.69, 9.17) is 0 Å². The lowest BCUT2D eigenvalue weighted by Crippen LogP contribution is -2.32. The lowest BCUT2D eigenvalue weighted by Gasteiger charge is -2.16. The van der Waals surface area contributed by atoms with E-state index in [9.17, 15) is 13.6 Å². The van der Waals surface area contributed by atoms with E-state index in [1.165, 1.54) is 6.07 Å². The van der Waals surface area contributed by atoms with Crippen LogP contribution in [0, 0.1) is 11.6 Å². The molecule has 0 radical (unpaired) electrons. The number of benzene rings is 2. The Hall–Kier alpha value is -3.55. The summed E-state index contributed by atoms with van der Waals surface area (Å²) < 4.78 is 28.8. The molecule has 3 N–H and O–H groups in total. The highest BCUT2D eigenvalue weighted by atomic mass is 19.2. The number of nitrogens with zero attached hydrogens (tertiary/aromatic N) is 2. The molecule has 0 aliphatic carbocycles. The number of anilines is 2. The van der Waals surface area contributed by atoms with Gasteiger partial charge in [0, 0.05) is 43.0 Å². The van der Waals surface area contributed by atoms with Crippen molar-refractivity contribution in [3.63, 3.8) is 0 Å². The van der Waals surface area contributed by atoms with Gasteiger partial charge in [-0.3, -0.25) is 9.79 Å². The Labute approximate surface area is 219 Å². The largest absolute Gasteiger partial charge is 0.386 e. The van der Waals surface area contributed by atoms with Crippen molar-refractivity contribution in [2.75, 3.05) is 24.2 Å². The third kappa shape index (κ3) is 7.97. The van der Waals surface area contributed by atoms with Crippen molar-refractivity contribution < 1.29 is 13.6 Å². The van der Waals surface area contributed by atoms with E-state index in [-0.39, 0.29) is 35.7 Å². The quantitative estimate of drug-likeness (QED) is 0.232. The van der Waals surface area contributed by atoms with Gasteiger partial charge in [0.1, 0.15) is 0 Å². The van der Waals surface area contributed by atoms with Crippen LogP contribution in [0.4, 0.5) is 20.2 Å². The Morgan fingerprint density at radius 3 is 2.46 bits per heavy atom. The second kappa shape index (κ2) is 14.3. The van der Waals surface area contributed by atoms with Gasteiger partial charge in [-0.2, -0.15) is 0 Å². The number of hydrogen-bond acceptors (Lipinski definition) is 4. The number of rotatable bonds is 11. The van der Waals surface area contributed by atoms with Gasteiger partial charge in [-0.05, 0) is 69.0 Å². The highest BCUT2D eigenvalue weighted by Gasteiger charge is 2.18. The molecule has 0 aromatic heterocycles. The van der Waals surface area contributed by atoms with Crippen molar-refractivity contribution in [3.05, 3.63) is 70.9 Å². The first-order valence-electron chi connectivity index (χ1n) is 12.7. The third-order valence-corrected chi connectivity index (χ3v) is 6.19. The van der Waals surface area contributed by atoms with Crippen LogP contribution in [0.15, 0.2) is 52.6 Å². The van der Waals surface area contributed by atoms with Gasteiger partial charge in [0.05, 0.1) is 11.4 Å². The fraction of sp³-hybridized carbons (Fsp3) is 0.414. The summed E-state index contributed by atoms with van der Waals surface area (Å²) in [4.78, 5) is 21.8. The molecule has 0 saturated carbocycles. The summed E-state index contributed by atoms with van der Waals surface area (Å²) in [5.74, 6) is -1.65. The molecule has 2 unspecified atom stereocenters. The van der Waals surface area contributed by atoms with Crippen LogP contribution in [0.2, 0.25) is 0 Å². The molecule has 0 bridgehead atoms. The molecule has 0 saturated heterocycles. The number of aliphatic imine (C=N–C) groups is 2. The van der Waals surface area contributed by atoms with Crippen LogP contribution in [0.3, 0.4) is 0 Å². The van der Waals surface area contributed by atoms with Crippen molar-refractivity contribution in [2.24, 2.45) is 9.98 Å². The number of halogens is 2. The molecule has 1 amide bonds. The summed E-state index contributed by atoms with van der Waals surface area (Å²) >= 11 is 0. The van der Waals surface area contributed by atoms with E-state index in [1.807, 2.05) is 52.8 Å². The zero-order chi connectivity index (χ0) is 27.5. The van der Waals surface area contributed by atoms with Crippen molar-refractivity contribution in [1.82, 2.24) is 5.32 Å². The second-order valence-corrected chi connectivity index (χ2v) is 9.00. The van der Waals surface area contributed by atoms with Gasteiger partial charge >= 0.3 is 0 Å². The number of carbonyl (C=O) groups is 1. The van der Waals surface area contributed by atoms with Crippen molar-refractivity contribution in [3.8, 4) is 0 Å². The normalized spacial score (nSPS) is 14.0. The number of amidine groups is 1. The van der Waals surface area contributed by atoms with Gasteiger partial charge in [-0.15, -0.1) is 0 Å². The number of aryl methyl sites for hydroxylation is 1. The summed E-state index contributed by atoms with van der Waals surface area (Å²) in [6, 6.07) is 8.80. The molecule has 2 aromatic carbocycles. The zero-order valence-corrected chi connectivity index (χ0v) is 22.9. The Morgan fingerprint density at radius 1 is 1.11 bits per heavy atom. The zero-order valence-electron chi connectivity index (χ0n) is 22.9. The Morgan fingerprint density at radius 2 is 1.84 bits per heavy atom. The molecule has 6 nitrogen and oxygen atoms in total. The average Bonchev–Trinajstić information content (AvgIpc) is 2.90. The van der Waals surface area contributed by atoms with E-state index in [1.54, 1.807) is 32.3 Å². The van der Waals surface area contributed by atoms with Gasteiger partial charge in [0.25, 0.3) is 5.91 Å². The summed E-state index contributed by atoms with van der Waals surface area (Å²) in [6.45, 7) is 11.8. The first-order chi connectivity index (χ1) is 17.7. The number of amides is 1. The van der Waals surface area contributed by atoms with Crippen molar-refractivity contribution in [2.45, 2.75) is 66.3 Å². The van der Waals surface area contributed by atoms with Crippen LogP contribution in [-0.2, 0) is 6.42 Å². The number of hydrogen-bond donors (Lipinski definition) is 3. The van der Waals surface area contributed by atoms with Gasteiger partial charge in [-0.25, -0.2) is 13.8 Å². The molecule has 2 aromatic rings. The monoisotopic (exact) mass is 511 g/mol.